The number of ether oxygens (including phenoxy) is 2. The number of esters is 1. The van der Waals surface area contributed by atoms with Gasteiger partial charge < -0.3 is 24.6 Å². The molecule has 10 heteroatoms. The third-order valence-electron chi connectivity index (χ3n) is 8.41. The maximum atomic E-state index is 12.6. The Morgan fingerprint density at radius 1 is 0.593 bits per heavy atom. The Morgan fingerprint density at radius 2 is 1.06 bits per heavy atom. The molecule has 0 heterocycles. The van der Waals surface area contributed by atoms with Crippen molar-refractivity contribution in [3.63, 3.8) is 0 Å². The molecule has 0 fully saturated rings. The molecule has 0 rings (SSSR count). The lowest BCUT2D eigenvalue weighted by molar-refractivity contribution is -0.154. The van der Waals surface area contributed by atoms with Crippen molar-refractivity contribution in [2.24, 2.45) is 0 Å². The molecule has 0 saturated carbocycles. The molecule has 54 heavy (non-hydrogen) atoms. The lowest BCUT2D eigenvalue weighted by Gasteiger charge is -2.20. The molecule has 3 N–H and O–H groups in total. The van der Waals surface area contributed by atoms with Gasteiger partial charge in [-0.05, 0) is 64.2 Å². The number of carbonyl (C=O) groups excluding carboxylic acids is 1. The summed E-state index contributed by atoms with van der Waals surface area (Å²) in [5.41, 5.74) is 0. The van der Waals surface area contributed by atoms with Gasteiger partial charge in [0.05, 0.1) is 26.4 Å². The first-order chi connectivity index (χ1) is 26.3. The molecule has 0 saturated heterocycles. The molecule has 0 aliphatic rings. The Morgan fingerprint density at radius 3 is 1.57 bits per heavy atom. The SMILES string of the molecule is CC/C=C\C/C=C\C/C=C\C/C=C\C/C=C\C/C=C\CCCCCOCC(COP(=O)(O)OCC(O)CO)OC(=O)CCCCCCCCCCCCC. The lowest BCUT2D eigenvalue weighted by atomic mass is 10.1. The molecule has 0 amide bonds. The Labute approximate surface area is 329 Å². The van der Waals surface area contributed by atoms with Crippen LogP contribution in [0.1, 0.15) is 155 Å². The molecular formula is C44H77O9P. The van der Waals surface area contributed by atoms with E-state index in [1.807, 2.05) is 0 Å². The molecule has 312 valence electrons. The topological polar surface area (TPSA) is 132 Å². The summed E-state index contributed by atoms with van der Waals surface area (Å²) in [5.74, 6) is -0.399. The standard InChI is InChI=1S/C44H77O9P/c1-3-5-7-9-11-13-15-16-17-18-19-20-21-22-23-24-25-27-29-31-33-35-37-50-40-43(41-52-54(48,49)51-39-42(46)38-45)53-44(47)36-34-32-30-28-26-14-12-10-8-6-4-2/h5,7,11,13,16-17,19-20,22-23,25,27,42-43,45-46H,3-4,6,8-10,12,14-15,18,21,24,26,28-41H2,1-2H3,(H,48,49)/b7-5-,13-11-,17-16-,20-19-,23-22-,27-25-. The molecule has 0 aromatic carbocycles. The van der Waals surface area contributed by atoms with Gasteiger partial charge in [0.25, 0.3) is 0 Å². The van der Waals surface area contributed by atoms with Crippen LogP contribution in [0.15, 0.2) is 72.9 Å². The number of aliphatic hydroxyl groups is 2. The summed E-state index contributed by atoms with van der Waals surface area (Å²) < 4.78 is 33.2. The van der Waals surface area contributed by atoms with E-state index in [1.165, 1.54) is 51.4 Å². The number of unbranched alkanes of at least 4 members (excludes halogenated alkanes) is 13. The van der Waals surface area contributed by atoms with Gasteiger partial charge in [0, 0.05) is 13.0 Å². The van der Waals surface area contributed by atoms with E-state index in [1.54, 1.807) is 0 Å². The minimum Gasteiger partial charge on any atom is -0.457 e. The highest BCUT2D eigenvalue weighted by molar-refractivity contribution is 7.47. The van der Waals surface area contributed by atoms with E-state index < -0.39 is 45.8 Å². The number of phosphoric acid groups is 1. The van der Waals surface area contributed by atoms with Gasteiger partial charge in [-0.25, -0.2) is 4.57 Å². The van der Waals surface area contributed by atoms with E-state index in [-0.39, 0.29) is 13.0 Å². The first-order valence-corrected chi connectivity index (χ1v) is 22.4. The van der Waals surface area contributed by atoms with Gasteiger partial charge in [-0.3, -0.25) is 13.8 Å². The van der Waals surface area contributed by atoms with E-state index in [0.29, 0.717) is 6.61 Å². The zero-order chi connectivity index (χ0) is 39.6. The molecule has 3 unspecified atom stereocenters. The van der Waals surface area contributed by atoms with Gasteiger partial charge in [0.15, 0.2) is 0 Å². The quantitative estimate of drug-likeness (QED) is 0.0241. The zero-order valence-corrected chi connectivity index (χ0v) is 34.8. The number of hydrogen-bond acceptors (Lipinski definition) is 8. The maximum absolute atomic E-state index is 12.6. The highest BCUT2D eigenvalue weighted by Crippen LogP contribution is 2.43. The lowest BCUT2D eigenvalue weighted by Crippen LogP contribution is -2.29. The van der Waals surface area contributed by atoms with Crippen LogP contribution in [0.3, 0.4) is 0 Å². The van der Waals surface area contributed by atoms with Gasteiger partial charge >= 0.3 is 13.8 Å². The van der Waals surface area contributed by atoms with E-state index in [4.69, 9.17) is 23.6 Å². The van der Waals surface area contributed by atoms with Crippen molar-refractivity contribution in [2.45, 2.75) is 167 Å². The second-order valence-corrected chi connectivity index (χ2v) is 15.1. The van der Waals surface area contributed by atoms with Crippen LogP contribution in [0.25, 0.3) is 0 Å². The molecular weight excluding hydrogens is 703 g/mol. The first kappa shape index (κ1) is 51.9. The average Bonchev–Trinajstić information content (AvgIpc) is 3.16. The highest BCUT2D eigenvalue weighted by Gasteiger charge is 2.26. The number of phosphoric ester groups is 1. The third-order valence-corrected chi connectivity index (χ3v) is 9.36. The van der Waals surface area contributed by atoms with Crippen LogP contribution in [0.5, 0.6) is 0 Å². The van der Waals surface area contributed by atoms with Crippen molar-refractivity contribution in [1.29, 1.82) is 0 Å². The minimum atomic E-state index is -4.53. The van der Waals surface area contributed by atoms with Gasteiger partial charge in [0.2, 0.25) is 0 Å². The van der Waals surface area contributed by atoms with Crippen molar-refractivity contribution >= 4 is 13.8 Å². The predicted molar refractivity (Wildman–Crippen MR) is 223 cm³/mol. The second-order valence-electron chi connectivity index (χ2n) is 13.6. The van der Waals surface area contributed by atoms with Crippen molar-refractivity contribution in [3.8, 4) is 0 Å². The van der Waals surface area contributed by atoms with E-state index in [2.05, 4.69) is 86.8 Å². The fourth-order valence-electron chi connectivity index (χ4n) is 5.24. The van der Waals surface area contributed by atoms with Crippen LogP contribution in [0.4, 0.5) is 0 Å². The number of aliphatic hydroxyl groups excluding tert-OH is 2. The third kappa shape index (κ3) is 39.6. The van der Waals surface area contributed by atoms with Gasteiger partial charge in [-0.15, -0.1) is 0 Å². The smallest absolute Gasteiger partial charge is 0.457 e. The molecule has 3 atom stereocenters. The average molecular weight is 781 g/mol. The molecule has 0 spiro atoms. The van der Waals surface area contributed by atoms with Gasteiger partial charge in [-0.2, -0.15) is 0 Å². The van der Waals surface area contributed by atoms with Crippen molar-refractivity contribution in [3.05, 3.63) is 72.9 Å². The summed E-state index contributed by atoms with van der Waals surface area (Å²) in [5, 5.41) is 18.3. The zero-order valence-electron chi connectivity index (χ0n) is 33.9. The molecule has 0 aromatic heterocycles. The molecule has 0 aromatic rings. The first-order valence-electron chi connectivity index (χ1n) is 20.9. The minimum absolute atomic E-state index is 0.0242. The number of rotatable bonds is 39. The fraction of sp³-hybridized carbons (Fsp3) is 0.705. The Balaban J connectivity index is 4.24. The number of allylic oxidation sites excluding steroid dienone is 12. The van der Waals surface area contributed by atoms with Crippen molar-refractivity contribution < 1.29 is 43.0 Å². The van der Waals surface area contributed by atoms with Crippen LogP contribution in [-0.4, -0.2) is 66.3 Å². The Hall–Kier alpha value is -2.10. The van der Waals surface area contributed by atoms with Crippen LogP contribution >= 0.6 is 7.82 Å². The summed E-state index contributed by atoms with van der Waals surface area (Å²) in [7, 11) is -4.53. The highest BCUT2D eigenvalue weighted by atomic mass is 31.2. The maximum Gasteiger partial charge on any atom is 0.472 e. The summed E-state index contributed by atoms with van der Waals surface area (Å²) >= 11 is 0. The number of hydrogen-bond donors (Lipinski definition) is 3. The van der Waals surface area contributed by atoms with E-state index in [0.717, 1.165) is 83.5 Å². The Kier molecular flexibility index (Phi) is 39.0. The summed E-state index contributed by atoms with van der Waals surface area (Å²) in [6.07, 6.45) is 47.2. The molecule has 0 aliphatic heterocycles. The van der Waals surface area contributed by atoms with Crippen LogP contribution < -0.4 is 0 Å². The molecule has 0 radical (unpaired) electrons. The van der Waals surface area contributed by atoms with Crippen LogP contribution in [0.2, 0.25) is 0 Å². The summed E-state index contributed by atoms with van der Waals surface area (Å²) in [6, 6.07) is 0. The van der Waals surface area contributed by atoms with Gasteiger partial charge in [0.1, 0.15) is 12.2 Å². The monoisotopic (exact) mass is 781 g/mol. The second kappa shape index (κ2) is 40.6. The predicted octanol–water partition coefficient (Wildman–Crippen LogP) is 11.4. The van der Waals surface area contributed by atoms with Crippen LogP contribution in [0, 0.1) is 0 Å². The van der Waals surface area contributed by atoms with Crippen molar-refractivity contribution in [1.82, 2.24) is 0 Å². The van der Waals surface area contributed by atoms with E-state index in [9.17, 15) is 19.4 Å². The summed E-state index contributed by atoms with van der Waals surface area (Å²) in [6.45, 7) is 3.29. The fourth-order valence-corrected chi connectivity index (χ4v) is 6.03. The number of carbonyl (C=O) groups is 1. The van der Waals surface area contributed by atoms with Crippen LogP contribution in [-0.2, 0) is 27.9 Å². The largest absolute Gasteiger partial charge is 0.472 e. The normalized spacial score (nSPS) is 14.8. The molecule has 0 aliphatic carbocycles. The van der Waals surface area contributed by atoms with E-state index >= 15 is 0 Å². The summed E-state index contributed by atoms with van der Waals surface area (Å²) in [4.78, 5) is 22.5. The van der Waals surface area contributed by atoms with Crippen molar-refractivity contribution in [2.75, 3.05) is 33.0 Å². The Bertz CT molecular complexity index is 1070. The molecule has 9 nitrogen and oxygen atoms in total. The van der Waals surface area contributed by atoms with Gasteiger partial charge in [-0.1, -0.05) is 157 Å². The molecule has 0 bridgehead atoms.